The Morgan fingerprint density at radius 2 is 1.71 bits per heavy atom. The number of hydrogen-bond donors (Lipinski definition) is 0. The molecule has 0 bridgehead atoms. The monoisotopic (exact) mass is 506 g/mol. The van der Waals surface area contributed by atoms with E-state index in [2.05, 4.69) is 0 Å². The summed E-state index contributed by atoms with van der Waals surface area (Å²) in [6.07, 6.45) is 0. The van der Waals surface area contributed by atoms with Gasteiger partial charge in [0.2, 0.25) is 0 Å². The van der Waals surface area contributed by atoms with Crippen molar-refractivity contribution >= 4 is 50.7 Å². The normalized spacial score (nSPS) is 11.1. The number of thiophene rings is 1. The topological polar surface area (TPSA) is 52.0 Å². The first-order chi connectivity index (χ1) is 16.5. The van der Waals surface area contributed by atoms with Gasteiger partial charge in [0.15, 0.2) is 10.9 Å². The summed E-state index contributed by atoms with van der Waals surface area (Å²) in [6, 6.07) is 21.9. The van der Waals surface area contributed by atoms with Gasteiger partial charge in [-0.3, -0.25) is 14.2 Å². The SMILES string of the molecule is O=C(CSc1nc2scc(-c3ccc(F)cc3)c2c(=O)n1-c1ccccc1)c1ccc(Cl)cc1. The van der Waals surface area contributed by atoms with Crippen LogP contribution in [0.5, 0.6) is 0 Å². The second kappa shape index (κ2) is 9.54. The fourth-order valence-electron chi connectivity index (χ4n) is 3.56. The summed E-state index contributed by atoms with van der Waals surface area (Å²) in [5.74, 6) is -0.316. The number of aromatic nitrogens is 2. The van der Waals surface area contributed by atoms with Gasteiger partial charge < -0.3 is 0 Å². The van der Waals surface area contributed by atoms with Gasteiger partial charge in [0.1, 0.15) is 10.6 Å². The van der Waals surface area contributed by atoms with Crippen LogP contribution in [-0.2, 0) is 0 Å². The summed E-state index contributed by atoms with van der Waals surface area (Å²) in [6.45, 7) is 0. The van der Waals surface area contributed by atoms with Crippen LogP contribution in [0.3, 0.4) is 0 Å². The van der Waals surface area contributed by atoms with Crippen LogP contribution in [0.2, 0.25) is 5.02 Å². The maximum atomic E-state index is 13.8. The minimum absolute atomic E-state index is 0.0891. The van der Waals surface area contributed by atoms with Crippen LogP contribution in [0.1, 0.15) is 10.4 Å². The number of rotatable bonds is 6. The van der Waals surface area contributed by atoms with Crippen molar-refractivity contribution in [3.63, 3.8) is 0 Å². The van der Waals surface area contributed by atoms with Crippen LogP contribution in [-0.4, -0.2) is 21.1 Å². The lowest BCUT2D eigenvalue weighted by Gasteiger charge is -2.12. The van der Waals surface area contributed by atoms with Gasteiger partial charge in [0, 0.05) is 21.5 Å². The number of para-hydroxylation sites is 1. The molecule has 0 fully saturated rings. The molecule has 4 nitrogen and oxygen atoms in total. The van der Waals surface area contributed by atoms with Crippen LogP contribution in [0, 0.1) is 5.82 Å². The number of ketones is 1. The third-order valence-electron chi connectivity index (χ3n) is 5.25. The molecule has 0 unspecified atom stereocenters. The lowest BCUT2D eigenvalue weighted by molar-refractivity contribution is 0.102. The highest BCUT2D eigenvalue weighted by atomic mass is 35.5. The summed E-state index contributed by atoms with van der Waals surface area (Å²) in [5.41, 5.74) is 2.40. The molecule has 0 saturated carbocycles. The molecule has 0 saturated heterocycles. The molecule has 0 N–H and O–H groups in total. The van der Waals surface area contributed by atoms with Gasteiger partial charge in [0.25, 0.3) is 5.56 Å². The van der Waals surface area contributed by atoms with Gasteiger partial charge in [-0.05, 0) is 54.1 Å². The number of Topliss-reactive ketones (excluding diaryl/α,β-unsaturated/α-hetero) is 1. The Morgan fingerprint density at radius 1 is 1.00 bits per heavy atom. The summed E-state index contributed by atoms with van der Waals surface area (Å²) in [7, 11) is 0. The smallest absolute Gasteiger partial charge is 0.268 e. The molecule has 0 atom stereocenters. The van der Waals surface area contributed by atoms with Gasteiger partial charge in [-0.1, -0.05) is 53.7 Å². The molecule has 0 spiro atoms. The summed E-state index contributed by atoms with van der Waals surface area (Å²) >= 11 is 8.48. The molecule has 168 valence electrons. The first-order valence-electron chi connectivity index (χ1n) is 10.3. The lowest BCUT2D eigenvalue weighted by Crippen LogP contribution is -2.22. The molecule has 0 aliphatic carbocycles. The Balaban J connectivity index is 1.60. The van der Waals surface area contributed by atoms with E-state index in [-0.39, 0.29) is 22.9 Å². The van der Waals surface area contributed by atoms with Gasteiger partial charge in [0.05, 0.1) is 16.8 Å². The maximum absolute atomic E-state index is 13.8. The number of nitrogens with zero attached hydrogens (tertiary/aromatic N) is 2. The first-order valence-corrected chi connectivity index (χ1v) is 12.5. The van der Waals surface area contributed by atoms with Crippen molar-refractivity contribution in [2.75, 3.05) is 5.75 Å². The standard InChI is InChI=1S/C26H16ClFN2O2S2/c27-18-10-6-17(7-11-18)22(31)15-34-26-29-24-23(25(32)30(26)20-4-2-1-3-5-20)21(14-33-24)16-8-12-19(28)13-9-16/h1-14H,15H2. The van der Waals surface area contributed by atoms with Crippen LogP contribution in [0.15, 0.2) is 94.2 Å². The fourth-order valence-corrected chi connectivity index (χ4v) is 5.59. The highest BCUT2D eigenvalue weighted by Gasteiger charge is 2.19. The van der Waals surface area contributed by atoms with E-state index in [9.17, 15) is 14.0 Å². The molecule has 3 aromatic carbocycles. The van der Waals surface area contributed by atoms with E-state index >= 15 is 0 Å². The summed E-state index contributed by atoms with van der Waals surface area (Å²) in [4.78, 5) is 31.8. The fraction of sp³-hybridized carbons (Fsp3) is 0.0385. The molecule has 0 aliphatic heterocycles. The van der Waals surface area contributed by atoms with Crippen molar-refractivity contribution in [2.24, 2.45) is 0 Å². The Bertz CT molecular complexity index is 1550. The molecule has 2 aromatic heterocycles. The molecular weight excluding hydrogens is 491 g/mol. The van der Waals surface area contributed by atoms with Gasteiger partial charge in [-0.25, -0.2) is 9.37 Å². The average molecular weight is 507 g/mol. The Morgan fingerprint density at radius 3 is 2.41 bits per heavy atom. The maximum Gasteiger partial charge on any atom is 0.268 e. The minimum atomic E-state index is -0.341. The molecule has 34 heavy (non-hydrogen) atoms. The van der Waals surface area contributed by atoms with Crippen LogP contribution in [0.4, 0.5) is 4.39 Å². The summed E-state index contributed by atoms with van der Waals surface area (Å²) in [5, 5.41) is 3.31. The molecule has 0 radical (unpaired) electrons. The predicted octanol–water partition coefficient (Wildman–Crippen LogP) is 6.88. The minimum Gasteiger partial charge on any atom is -0.293 e. The molecule has 2 heterocycles. The average Bonchev–Trinajstić information content (AvgIpc) is 3.28. The van der Waals surface area contributed by atoms with E-state index in [0.717, 1.165) is 5.56 Å². The molecule has 0 amide bonds. The van der Waals surface area contributed by atoms with Crippen molar-refractivity contribution in [1.82, 2.24) is 9.55 Å². The molecule has 8 heteroatoms. The zero-order valence-electron chi connectivity index (χ0n) is 17.6. The van der Waals surface area contributed by atoms with Crippen molar-refractivity contribution in [3.05, 3.63) is 111 Å². The molecular formula is C26H16ClFN2O2S2. The Labute approximate surface area is 207 Å². The van der Waals surface area contributed by atoms with Gasteiger partial charge in [-0.2, -0.15) is 0 Å². The second-order valence-corrected chi connectivity index (χ2v) is 9.66. The van der Waals surface area contributed by atoms with Gasteiger partial charge in [-0.15, -0.1) is 11.3 Å². The van der Waals surface area contributed by atoms with E-state index in [1.54, 1.807) is 36.4 Å². The van der Waals surface area contributed by atoms with Gasteiger partial charge >= 0.3 is 0 Å². The quantitative estimate of drug-likeness (QED) is 0.143. The first kappa shape index (κ1) is 22.5. The van der Waals surface area contributed by atoms with Crippen molar-refractivity contribution in [1.29, 1.82) is 0 Å². The third-order valence-corrected chi connectivity index (χ3v) is 7.31. The van der Waals surface area contributed by atoms with Crippen molar-refractivity contribution in [2.45, 2.75) is 5.16 Å². The van der Waals surface area contributed by atoms with E-state index in [1.165, 1.54) is 39.8 Å². The molecule has 5 aromatic rings. The van der Waals surface area contributed by atoms with E-state index in [0.29, 0.717) is 37.2 Å². The highest BCUT2D eigenvalue weighted by Crippen LogP contribution is 2.33. The van der Waals surface area contributed by atoms with E-state index in [1.807, 2.05) is 35.7 Å². The molecule has 0 aliphatic rings. The van der Waals surface area contributed by atoms with E-state index < -0.39 is 0 Å². The number of carbonyl (C=O) groups excluding carboxylic acids is 1. The largest absolute Gasteiger partial charge is 0.293 e. The van der Waals surface area contributed by atoms with Crippen LogP contribution >= 0.6 is 34.7 Å². The number of hydrogen-bond acceptors (Lipinski definition) is 5. The number of fused-ring (bicyclic) bond motifs is 1. The highest BCUT2D eigenvalue weighted by molar-refractivity contribution is 7.99. The number of thioether (sulfide) groups is 1. The lowest BCUT2D eigenvalue weighted by atomic mass is 10.1. The summed E-state index contributed by atoms with van der Waals surface area (Å²) < 4.78 is 15.0. The zero-order valence-corrected chi connectivity index (χ0v) is 20.0. The third kappa shape index (κ3) is 4.42. The number of carbonyl (C=O) groups is 1. The Kier molecular flexibility index (Phi) is 6.32. The van der Waals surface area contributed by atoms with Crippen LogP contribution in [0.25, 0.3) is 27.0 Å². The van der Waals surface area contributed by atoms with Crippen LogP contribution < -0.4 is 5.56 Å². The number of halogens is 2. The predicted molar refractivity (Wildman–Crippen MR) is 137 cm³/mol. The van der Waals surface area contributed by atoms with Crippen molar-refractivity contribution < 1.29 is 9.18 Å². The van der Waals surface area contributed by atoms with Crippen molar-refractivity contribution in [3.8, 4) is 16.8 Å². The number of benzene rings is 3. The molecule has 5 rings (SSSR count). The second-order valence-electron chi connectivity index (χ2n) is 7.43. The zero-order chi connectivity index (χ0) is 23.7. The Hall–Kier alpha value is -3.26. The van der Waals surface area contributed by atoms with E-state index in [4.69, 9.17) is 16.6 Å².